The number of benzene rings is 1. The second-order valence-corrected chi connectivity index (χ2v) is 8.69. The van der Waals surface area contributed by atoms with Gasteiger partial charge < -0.3 is 10.5 Å². The first-order valence-corrected chi connectivity index (χ1v) is 9.80. The molecule has 1 unspecified atom stereocenters. The topological polar surface area (TPSA) is 35.2 Å². The molecule has 2 rings (SSSR count). The maximum absolute atomic E-state index is 6.19. The van der Waals surface area contributed by atoms with Gasteiger partial charge in [0, 0.05) is 0 Å². The van der Waals surface area contributed by atoms with Crippen molar-refractivity contribution < 1.29 is 4.74 Å². The number of aryl methyl sites for hydroxylation is 1. The molecule has 2 nitrogen and oxygen atoms in total. The van der Waals surface area contributed by atoms with Crippen LogP contribution in [0.1, 0.15) is 76.8 Å². The molecule has 24 heavy (non-hydrogen) atoms. The van der Waals surface area contributed by atoms with Gasteiger partial charge in [0.15, 0.2) is 0 Å². The molecule has 136 valence electrons. The molecule has 2 heteroatoms. The Hall–Kier alpha value is -1.02. The van der Waals surface area contributed by atoms with Gasteiger partial charge in [0.2, 0.25) is 0 Å². The van der Waals surface area contributed by atoms with Crippen LogP contribution in [0.25, 0.3) is 0 Å². The standard InChI is InChI=1S/C22H37NO/c1-6-13-24-21-12-9-18(14-16(21)2)20(15-23)17-7-10-19(11-8-17)22(3,4)5/h9,12,14,17,19-20H,6-8,10-11,13,15,23H2,1-5H3. The number of rotatable bonds is 6. The maximum atomic E-state index is 6.19. The summed E-state index contributed by atoms with van der Waals surface area (Å²) >= 11 is 0. The molecule has 0 spiro atoms. The first-order valence-electron chi connectivity index (χ1n) is 9.80. The molecule has 2 N–H and O–H groups in total. The summed E-state index contributed by atoms with van der Waals surface area (Å²) in [4.78, 5) is 0. The highest BCUT2D eigenvalue weighted by Gasteiger charge is 2.33. The molecule has 1 aliphatic carbocycles. The molecular weight excluding hydrogens is 294 g/mol. The van der Waals surface area contributed by atoms with E-state index in [-0.39, 0.29) is 0 Å². The fraction of sp³-hybridized carbons (Fsp3) is 0.727. The molecule has 0 aromatic heterocycles. The van der Waals surface area contributed by atoms with Crippen molar-refractivity contribution >= 4 is 0 Å². The van der Waals surface area contributed by atoms with Crippen molar-refractivity contribution in [3.8, 4) is 5.75 Å². The third-order valence-electron chi connectivity index (χ3n) is 5.91. The maximum Gasteiger partial charge on any atom is 0.122 e. The summed E-state index contributed by atoms with van der Waals surface area (Å²) in [5.74, 6) is 3.10. The summed E-state index contributed by atoms with van der Waals surface area (Å²) in [7, 11) is 0. The minimum absolute atomic E-state index is 0.442. The Kier molecular flexibility index (Phi) is 6.74. The molecule has 1 aromatic carbocycles. The van der Waals surface area contributed by atoms with Gasteiger partial charge in [-0.25, -0.2) is 0 Å². The van der Waals surface area contributed by atoms with Crippen LogP contribution in [0.4, 0.5) is 0 Å². The molecule has 1 aromatic rings. The number of hydrogen-bond donors (Lipinski definition) is 1. The van der Waals surface area contributed by atoms with Gasteiger partial charge in [-0.2, -0.15) is 0 Å². The van der Waals surface area contributed by atoms with Crippen molar-refractivity contribution in [2.45, 2.75) is 72.6 Å². The highest BCUT2D eigenvalue weighted by Crippen LogP contribution is 2.44. The van der Waals surface area contributed by atoms with Crippen molar-refractivity contribution in [3.05, 3.63) is 29.3 Å². The highest BCUT2D eigenvalue weighted by molar-refractivity contribution is 5.38. The molecule has 0 aliphatic heterocycles. The smallest absolute Gasteiger partial charge is 0.122 e. The summed E-state index contributed by atoms with van der Waals surface area (Å²) in [5, 5.41) is 0. The number of ether oxygens (including phenoxy) is 1. The molecule has 1 atom stereocenters. The van der Waals surface area contributed by atoms with Crippen LogP contribution in [0.3, 0.4) is 0 Å². The second-order valence-electron chi connectivity index (χ2n) is 8.69. The van der Waals surface area contributed by atoms with Crippen LogP contribution in [0, 0.1) is 24.2 Å². The number of nitrogens with two attached hydrogens (primary N) is 1. The Balaban J connectivity index is 2.05. The van der Waals surface area contributed by atoms with E-state index in [4.69, 9.17) is 10.5 Å². The summed E-state index contributed by atoms with van der Waals surface area (Å²) in [5.41, 5.74) is 9.28. The lowest BCUT2D eigenvalue weighted by atomic mass is 9.66. The van der Waals surface area contributed by atoms with Crippen LogP contribution in [0.5, 0.6) is 5.75 Å². The van der Waals surface area contributed by atoms with E-state index in [0.29, 0.717) is 11.3 Å². The third-order valence-corrected chi connectivity index (χ3v) is 5.91. The van der Waals surface area contributed by atoms with E-state index in [0.717, 1.165) is 37.2 Å². The lowest BCUT2D eigenvalue weighted by molar-refractivity contribution is 0.140. The van der Waals surface area contributed by atoms with Crippen LogP contribution in [0.15, 0.2) is 18.2 Å². The molecular formula is C22H37NO. The summed E-state index contributed by atoms with van der Waals surface area (Å²) in [6.45, 7) is 13.0. The van der Waals surface area contributed by atoms with Crippen molar-refractivity contribution in [2.24, 2.45) is 23.0 Å². The lowest BCUT2D eigenvalue weighted by Gasteiger charge is -2.39. The molecule has 0 bridgehead atoms. The van der Waals surface area contributed by atoms with Crippen molar-refractivity contribution in [2.75, 3.05) is 13.2 Å². The van der Waals surface area contributed by atoms with E-state index in [9.17, 15) is 0 Å². The zero-order valence-corrected chi connectivity index (χ0v) is 16.4. The van der Waals surface area contributed by atoms with E-state index < -0.39 is 0 Å². The van der Waals surface area contributed by atoms with Gasteiger partial charge in [-0.1, -0.05) is 39.8 Å². The molecule has 0 radical (unpaired) electrons. The fourth-order valence-corrected chi connectivity index (χ4v) is 4.27. The first-order chi connectivity index (χ1) is 11.4. The van der Waals surface area contributed by atoms with Crippen LogP contribution in [-0.2, 0) is 0 Å². The van der Waals surface area contributed by atoms with Gasteiger partial charge in [0.05, 0.1) is 6.61 Å². The quantitative estimate of drug-likeness (QED) is 0.728. The average molecular weight is 332 g/mol. The second kappa shape index (κ2) is 8.38. The van der Waals surface area contributed by atoms with E-state index in [1.165, 1.54) is 36.8 Å². The first kappa shape index (κ1) is 19.3. The van der Waals surface area contributed by atoms with Crippen molar-refractivity contribution in [3.63, 3.8) is 0 Å². The third kappa shape index (κ3) is 4.75. The van der Waals surface area contributed by atoms with Crippen molar-refractivity contribution in [1.29, 1.82) is 0 Å². The zero-order valence-electron chi connectivity index (χ0n) is 16.4. The average Bonchev–Trinajstić information content (AvgIpc) is 2.54. The van der Waals surface area contributed by atoms with Gasteiger partial charge in [-0.05, 0) is 85.9 Å². The van der Waals surface area contributed by atoms with Gasteiger partial charge in [-0.15, -0.1) is 0 Å². The Morgan fingerprint density at radius 1 is 1.17 bits per heavy atom. The van der Waals surface area contributed by atoms with Crippen LogP contribution >= 0.6 is 0 Å². The van der Waals surface area contributed by atoms with Crippen molar-refractivity contribution in [1.82, 2.24) is 0 Å². The van der Waals surface area contributed by atoms with Gasteiger partial charge >= 0.3 is 0 Å². The molecule has 1 aliphatic rings. The van der Waals surface area contributed by atoms with Gasteiger partial charge in [0.1, 0.15) is 5.75 Å². The largest absolute Gasteiger partial charge is 0.493 e. The summed E-state index contributed by atoms with van der Waals surface area (Å²) in [6.07, 6.45) is 6.38. The molecule has 1 fully saturated rings. The predicted molar refractivity (Wildman–Crippen MR) is 104 cm³/mol. The fourth-order valence-electron chi connectivity index (χ4n) is 4.27. The highest BCUT2D eigenvalue weighted by atomic mass is 16.5. The Morgan fingerprint density at radius 3 is 2.33 bits per heavy atom. The van der Waals surface area contributed by atoms with E-state index in [1.807, 2.05) is 0 Å². The van der Waals surface area contributed by atoms with E-state index in [1.54, 1.807) is 0 Å². The van der Waals surface area contributed by atoms with Gasteiger partial charge in [0.25, 0.3) is 0 Å². The molecule has 0 amide bonds. The monoisotopic (exact) mass is 331 g/mol. The van der Waals surface area contributed by atoms with Gasteiger partial charge in [-0.3, -0.25) is 0 Å². The zero-order chi connectivity index (χ0) is 17.7. The predicted octanol–water partition coefficient (Wildman–Crippen LogP) is 5.68. The van der Waals surface area contributed by atoms with Crippen LogP contribution in [-0.4, -0.2) is 13.2 Å². The van der Waals surface area contributed by atoms with Crippen LogP contribution in [0.2, 0.25) is 0 Å². The van der Waals surface area contributed by atoms with Crippen LogP contribution < -0.4 is 10.5 Å². The summed E-state index contributed by atoms with van der Waals surface area (Å²) < 4.78 is 5.82. The summed E-state index contributed by atoms with van der Waals surface area (Å²) in [6, 6.07) is 6.69. The minimum Gasteiger partial charge on any atom is -0.493 e. The molecule has 0 saturated heterocycles. The Bertz CT molecular complexity index is 509. The molecule has 0 heterocycles. The van der Waals surface area contributed by atoms with E-state index >= 15 is 0 Å². The van der Waals surface area contributed by atoms with E-state index in [2.05, 4.69) is 52.8 Å². The SMILES string of the molecule is CCCOc1ccc(C(CN)C2CCC(C(C)(C)C)CC2)cc1C. The lowest BCUT2D eigenvalue weighted by Crippen LogP contribution is -2.30. The minimum atomic E-state index is 0.442. The number of hydrogen-bond acceptors (Lipinski definition) is 2. The Morgan fingerprint density at radius 2 is 1.83 bits per heavy atom. The Labute approximate surface area is 149 Å². The molecule has 1 saturated carbocycles. The normalized spacial score (nSPS) is 23.1.